The number of aliphatic hydroxyl groups excluding tert-OH is 1. The van der Waals surface area contributed by atoms with E-state index in [2.05, 4.69) is 20.1 Å². The number of rotatable bonds is 15. The van der Waals surface area contributed by atoms with Gasteiger partial charge in [0.2, 0.25) is 11.8 Å². The molecule has 1 N–H and O–H groups in total. The van der Waals surface area contributed by atoms with Gasteiger partial charge < -0.3 is 24.4 Å². The number of esters is 1. The first-order valence-electron chi connectivity index (χ1n) is 13.2. The van der Waals surface area contributed by atoms with Crippen LogP contribution in [0.25, 0.3) is 0 Å². The Morgan fingerprint density at radius 2 is 2.00 bits per heavy atom. The molecule has 0 aromatic heterocycles. The molecule has 5 atom stereocenters. The highest BCUT2D eigenvalue weighted by Gasteiger charge is 2.79. The van der Waals surface area contributed by atoms with Gasteiger partial charge in [0.05, 0.1) is 18.1 Å². The number of nitrogens with zero attached hydrogens (tertiary/aromatic N) is 2. The molecular weight excluding hydrogens is 448 g/mol. The molecule has 8 heteroatoms. The SMILES string of the molecule is C=CCCOC(=O)[C@H]1[C@H]2C(=O)N(CCCCO)C(C(=O)N(CC=C)CCCC)C23CC[C@]1(CC)O3. The fourth-order valence-corrected chi connectivity index (χ4v) is 6.29. The number of amides is 2. The van der Waals surface area contributed by atoms with Gasteiger partial charge in [0.1, 0.15) is 17.6 Å². The second-order valence-corrected chi connectivity index (χ2v) is 9.97. The summed E-state index contributed by atoms with van der Waals surface area (Å²) in [6, 6.07) is -0.796. The number of hydrogen-bond donors (Lipinski definition) is 1. The maximum Gasteiger partial charge on any atom is 0.312 e. The lowest BCUT2D eigenvalue weighted by Gasteiger charge is -2.37. The number of fused-ring (bicyclic) bond motifs is 1. The normalized spacial score (nSPS) is 30.9. The van der Waals surface area contributed by atoms with Gasteiger partial charge in [-0.1, -0.05) is 32.4 Å². The van der Waals surface area contributed by atoms with Crippen molar-refractivity contribution in [3.8, 4) is 0 Å². The maximum absolute atomic E-state index is 14.1. The topological polar surface area (TPSA) is 96.4 Å². The van der Waals surface area contributed by atoms with Gasteiger partial charge in [-0.3, -0.25) is 14.4 Å². The molecule has 2 unspecified atom stereocenters. The standard InChI is InChI=1S/C27H42N2O6/c1-5-9-16-28(15-7-3)24(32)22-27-14-13-26(8-4,35-27)21(25(33)34-19-10-6-2)20(27)23(31)29(22)17-11-12-18-30/h6-7,20-22,30H,2-3,5,8-19H2,1,4H3/t20-,21+,22?,26-,27?/m0/s1. The molecule has 196 valence electrons. The van der Waals surface area contributed by atoms with Crippen LogP contribution in [0.3, 0.4) is 0 Å². The minimum Gasteiger partial charge on any atom is -0.465 e. The van der Waals surface area contributed by atoms with E-state index in [0.717, 1.165) is 12.8 Å². The highest BCUT2D eigenvalue weighted by atomic mass is 16.6. The van der Waals surface area contributed by atoms with E-state index in [-0.39, 0.29) is 25.0 Å². The first-order chi connectivity index (χ1) is 16.9. The molecule has 0 aromatic rings. The summed E-state index contributed by atoms with van der Waals surface area (Å²) < 4.78 is 12.3. The first-order valence-corrected chi connectivity index (χ1v) is 13.2. The number of likely N-dealkylation sites (tertiary alicyclic amines) is 1. The largest absolute Gasteiger partial charge is 0.465 e. The molecule has 3 heterocycles. The molecule has 0 aromatic carbocycles. The second-order valence-electron chi connectivity index (χ2n) is 9.97. The van der Waals surface area contributed by atoms with Gasteiger partial charge in [0, 0.05) is 26.2 Å². The molecule has 3 rings (SSSR count). The van der Waals surface area contributed by atoms with Gasteiger partial charge in [-0.05, 0) is 44.9 Å². The van der Waals surface area contributed by atoms with E-state index >= 15 is 0 Å². The van der Waals surface area contributed by atoms with Gasteiger partial charge in [-0.15, -0.1) is 13.2 Å². The molecule has 3 saturated heterocycles. The molecule has 8 nitrogen and oxygen atoms in total. The summed E-state index contributed by atoms with van der Waals surface area (Å²) in [4.78, 5) is 44.7. The summed E-state index contributed by atoms with van der Waals surface area (Å²) in [6.45, 7) is 13.1. The zero-order chi connectivity index (χ0) is 25.6. The Labute approximate surface area is 209 Å². The highest BCUT2D eigenvalue weighted by molar-refractivity contribution is 5.98. The average molecular weight is 491 g/mol. The zero-order valence-electron chi connectivity index (χ0n) is 21.4. The van der Waals surface area contributed by atoms with Gasteiger partial charge >= 0.3 is 5.97 Å². The van der Waals surface area contributed by atoms with Crippen LogP contribution >= 0.6 is 0 Å². The van der Waals surface area contributed by atoms with Crippen molar-refractivity contribution in [1.29, 1.82) is 0 Å². The summed E-state index contributed by atoms with van der Waals surface area (Å²) in [7, 11) is 0. The van der Waals surface area contributed by atoms with Gasteiger partial charge in [-0.2, -0.15) is 0 Å². The maximum atomic E-state index is 14.1. The number of hydrogen-bond acceptors (Lipinski definition) is 6. The van der Waals surface area contributed by atoms with Crippen LogP contribution < -0.4 is 0 Å². The van der Waals surface area contributed by atoms with Crippen molar-refractivity contribution in [3.63, 3.8) is 0 Å². The van der Waals surface area contributed by atoms with Crippen LogP contribution in [-0.2, 0) is 23.9 Å². The van der Waals surface area contributed by atoms with E-state index in [1.807, 2.05) is 6.92 Å². The van der Waals surface area contributed by atoms with Crippen LogP contribution in [0.5, 0.6) is 0 Å². The monoisotopic (exact) mass is 490 g/mol. The van der Waals surface area contributed by atoms with Crippen molar-refractivity contribution in [3.05, 3.63) is 25.3 Å². The van der Waals surface area contributed by atoms with Crippen molar-refractivity contribution < 1.29 is 29.0 Å². The Bertz CT molecular complexity index is 815. The quantitative estimate of drug-likeness (QED) is 0.215. The molecule has 2 amide bonds. The van der Waals surface area contributed by atoms with E-state index < -0.39 is 35.0 Å². The smallest absolute Gasteiger partial charge is 0.312 e. The third-order valence-electron chi connectivity index (χ3n) is 7.98. The van der Waals surface area contributed by atoms with Crippen LogP contribution in [0, 0.1) is 11.8 Å². The fraction of sp³-hybridized carbons (Fsp3) is 0.741. The van der Waals surface area contributed by atoms with Crippen molar-refractivity contribution >= 4 is 17.8 Å². The van der Waals surface area contributed by atoms with Crippen LogP contribution in [-0.4, -0.2) is 82.8 Å². The van der Waals surface area contributed by atoms with Crippen LogP contribution in [0.2, 0.25) is 0 Å². The summed E-state index contributed by atoms with van der Waals surface area (Å²) in [5.74, 6) is -2.26. The minimum atomic E-state index is -1.04. The summed E-state index contributed by atoms with van der Waals surface area (Å²) in [6.07, 6.45) is 8.53. The highest BCUT2D eigenvalue weighted by Crippen LogP contribution is 2.64. The molecule has 35 heavy (non-hydrogen) atoms. The molecular formula is C27H42N2O6. The number of ether oxygens (including phenoxy) is 2. The summed E-state index contributed by atoms with van der Waals surface area (Å²) in [5, 5.41) is 9.30. The number of unbranched alkanes of at least 4 members (excludes halogenated alkanes) is 2. The third-order valence-corrected chi connectivity index (χ3v) is 7.98. The van der Waals surface area contributed by atoms with Crippen molar-refractivity contribution in [2.24, 2.45) is 11.8 Å². The fourth-order valence-electron chi connectivity index (χ4n) is 6.29. The Kier molecular flexibility index (Phi) is 9.16. The van der Waals surface area contributed by atoms with E-state index in [4.69, 9.17) is 9.47 Å². The minimum absolute atomic E-state index is 0.0159. The molecule has 2 bridgehead atoms. The lowest BCUT2D eigenvalue weighted by molar-refractivity contribution is -0.161. The van der Waals surface area contributed by atoms with E-state index in [0.29, 0.717) is 58.2 Å². The average Bonchev–Trinajstić information content (AvgIpc) is 3.45. The van der Waals surface area contributed by atoms with E-state index in [9.17, 15) is 19.5 Å². The van der Waals surface area contributed by atoms with Crippen molar-refractivity contribution in [1.82, 2.24) is 9.80 Å². The summed E-state index contributed by atoms with van der Waals surface area (Å²) in [5.41, 5.74) is -1.84. The first kappa shape index (κ1) is 27.4. The molecule has 0 aliphatic carbocycles. The van der Waals surface area contributed by atoms with Crippen LogP contribution in [0.1, 0.15) is 65.2 Å². The molecule has 0 radical (unpaired) electrons. The lowest BCUT2D eigenvalue weighted by atomic mass is 9.65. The Balaban J connectivity index is 2.01. The predicted molar refractivity (Wildman–Crippen MR) is 132 cm³/mol. The van der Waals surface area contributed by atoms with Gasteiger partial charge in [-0.25, -0.2) is 0 Å². The lowest BCUT2D eigenvalue weighted by Crippen LogP contribution is -2.56. The van der Waals surface area contributed by atoms with E-state index in [1.54, 1.807) is 22.0 Å². The number of aliphatic hydroxyl groups is 1. The van der Waals surface area contributed by atoms with Crippen molar-refractivity contribution in [2.75, 3.05) is 32.8 Å². The molecule has 1 spiro atoms. The number of carbonyl (C=O) groups excluding carboxylic acids is 3. The predicted octanol–water partition coefficient (Wildman–Crippen LogP) is 2.85. The summed E-state index contributed by atoms with van der Waals surface area (Å²) >= 11 is 0. The third kappa shape index (κ3) is 4.79. The zero-order valence-corrected chi connectivity index (χ0v) is 21.4. The van der Waals surface area contributed by atoms with Crippen LogP contribution in [0.15, 0.2) is 25.3 Å². The molecule has 3 aliphatic heterocycles. The van der Waals surface area contributed by atoms with Crippen LogP contribution in [0.4, 0.5) is 0 Å². The van der Waals surface area contributed by atoms with Gasteiger partial charge in [0.15, 0.2) is 0 Å². The Morgan fingerprint density at radius 1 is 1.23 bits per heavy atom. The molecule has 3 fully saturated rings. The molecule has 3 aliphatic rings. The Hall–Kier alpha value is -2.19. The van der Waals surface area contributed by atoms with Gasteiger partial charge in [0.25, 0.3) is 0 Å². The number of carbonyl (C=O) groups is 3. The molecule has 0 saturated carbocycles. The second kappa shape index (κ2) is 11.7. The van der Waals surface area contributed by atoms with Crippen molar-refractivity contribution in [2.45, 2.75) is 82.5 Å². The Morgan fingerprint density at radius 3 is 2.63 bits per heavy atom. The van der Waals surface area contributed by atoms with E-state index in [1.165, 1.54) is 0 Å².